The molecule has 0 saturated heterocycles. The van der Waals surface area contributed by atoms with E-state index in [4.69, 9.17) is 4.43 Å². The van der Waals surface area contributed by atoms with E-state index in [1.54, 1.807) is 24.5 Å². The number of carbonyl (C=O) groups excluding carboxylic acids is 1. The molecule has 0 amide bonds. The van der Waals surface area contributed by atoms with Crippen LogP contribution in [-0.2, 0) is 4.43 Å². The fraction of sp³-hybridized carbons (Fsp3) is 0.500. The van der Waals surface area contributed by atoms with E-state index in [0.29, 0.717) is 5.56 Å². The van der Waals surface area contributed by atoms with Crippen molar-refractivity contribution in [3.05, 3.63) is 30.1 Å². The SMILES string of the molecule is CC(C)(O[Si](C)(C)C)C(=O)c1ccncc1. The van der Waals surface area contributed by atoms with E-state index in [-0.39, 0.29) is 5.78 Å². The minimum absolute atomic E-state index is 0.0114. The van der Waals surface area contributed by atoms with Crippen LogP contribution >= 0.6 is 0 Å². The van der Waals surface area contributed by atoms with Crippen LogP contribution in [-0.4, -0.2) is 24.7 Å². The zero-order valence-electron chi connectivity index (χ0n) is 10.6. The monoisotopic (exact) mass is 237 g/mol. The first-order valence-electron chi connectivity index (χ1n) is 5.37. The average Bonchev–Trinajstić information content (AvgIpc) is 2.14. The summed E-state index contributed by atoms with van der Waals surface area (Å²) < 4.78 is 5.91. The van der Waals surface area contributed by atoms with Crippen molar-refractivity contribution in [2.24, 2.45) is 0 Å². The molecule has 0 unspecified atom stereocenters. The molecular weight excluding hydrogens is 218 g/mol. The van der Waals surface area contributed by atoms with E-state index in [1.807, 2.05) is 13.8 Å². The Morgan fingerprint density at radius 1 is 1.25 bits per heavy atom. The van der Waals surface area contributed by atoms with E-state index in [0.717, 1.165) is 0 Å². The van der Waals surface area contributed by atoms with Gasteiger partial charge in [-0.2, -0.15) is 0 Å². The molecule has 1 aromatic heterocycles. The number of hydrogen-bond donors (Lipinski definition) is 0. The third-order valence-corrected chi connectivity index (χ3v) is 3.17. The summed E-state index contributed by atoms with van der Waals surface area (Å²) in [5.41, 5.74) is -0.107. The number of aromatic nitrogens is 1. The van der Waals surface area contributed by atoms with Crippen molar-refractivity contribution < 1.29 is 9.22 Å². The van der Waals surface area contributed by atoms with Crippen LogP contribution in [0.1, 0.15) is 24.2 Å². The van der Waals surface area contributed by atoms with Crippen LogP contribution in [0.5, 0.6) is 0 Å². The molecule has 1 rings (SSSR count). The van der Waals surface area contributed by atoms with Crippen LogP contribution in [0.2, 0.25) is 19.6 Å². The van der Waals surface area contributed by atoms with Gasteiger partial charge < -0.3 is 4.43 Å². The molecule has 4 heteroatoms. The number of Topliss-reactive ketones (excluding diaryl/α,β-unsaturated/α-hetero) is 1. The predicted octanol–water partition coefficient (Wildman–Crippen LogP) is 2.89. The van der Waals surface area contributed by atoms with Crippen LogP contribution in [0.15, 0.2) is 24.5 Å². The van der Waals surface area contributed by atoms with E-state index in [2.05, 4.69) is 24.6 Å². The lowest BCUT2D eigenvalue weighted by Gasteiger charge is -2.31. The summed E-state index contributed by atoms with van der Waals surface area (Å²) in [6.07, 6.45) is 3.25. The summed E-state index contributed by atoms with van der Waals surface area (Å²) in [7, 11) is -1.72. The van der Waals surface area contributed by atoms with Crippen molar-refractivity contribution >= 4 is 14.1 Å². The largest absolute Gasteiger partial charge is 0.405 e. The predicted molar refractivity (Wildman–Crippen MR) is 67.1 cm³/mol. The Morgan fingerprint density at radius 3 is 2.19 bits per heavy atom. The summed E-state index contributed by atoms with van der Waals surface area (Å²) in [5.74, 6) is 0.0114. The molecule has 0 N–H and O–H groups in total. The minimum Gasteiger partial charge on any atom is -0.405 e. The average molecular weight is 237 g/mol. The van der Waals surface area contributed by atoms with E-state index in [9.17, 15) is 4.79 Å². The fourth-order valence-corrected chi connectivity index (χ4v) is 3.29. The highest BCUT2D eigenvalue weighted by atomic mass is 28.4. The second kappa shape index (κ2) is 4.47. The van der Waals surface area contributed by atoms with Crippen LogP contribution in [0, 0.1) is 0 Å². The first-order valence-corrected chi connectivity index (χ1v) is 8.78. The number of carbonyl (C=O) groups is 1. The smallest absolute Gasteiger partial charge is 0.192 e. The highest BCUT2D eigenvalue weighted by molar-refractivity contribution is 6.70. The second-order valence-electron chi connectivity index (χ2n) is 5.29. The number of pyridine rings is 1. The third kappa shape index (κ3) is 3.54. The zero-order valence-corrected chi connectivity index (χ0v) is 11.6. The summed E-state index contributed by atoms with van der Waals surface area (Å²) in [4.78, 5) is 16.1. The number of hydrogen-bond acceptors (Lipinski definition) is 3. The molecule has 0 saturated carbocycles. The summed E-state index contributed by atoms with van der Waals surface area (Å²) in [6.45, 7) is 9.89. The molecule has 0 atom stereocenters. The van der Waals surface area contributed by atoms with Gasteiger partial charge in [-0.3, -0.25) is 9.78 Å². The molecule has 0 bridgehead atoms. The molecule has 0 aliphatic heterocycles. The Bertz CT molecular complexity index is 368. The first-order chi connectivity index (χ1) is 7.22. The highest BCUT2D eigenvalue weighted by Crippen LogP contribution is 2.21. The number of ketones is 1. The van der Waals surface area contributed by atoms with Gasteiger partial charge in [0.05, 0.1) is 0 Å². The lowest BCUT2D eigenvalue weighted by atomic mass is 9.98. The molecule has 0 aromatic carbocycles. The van der Waals surface area contributed by atoms with Crippen molar-refractivity contribution in [1.82, 2.24) is 4.98 Å². The van der Waals surface area contributed by atoms with Gasteiger partial charge in [0, 0.05) is 18.0 Å². The molecule has 88 valence electrons. The minimum atomic E-state index is -1.72. The standard InChI is InChI=1S/C12H19NO2Si/c1-12(2,15-16(3,4)5)11(14)10-6-8-13-9-7-10/h6-9H,1-5H3. The van der Waals surface area contributed by atoms with Gasteiger partial charge in [0.15, 0.2) is 14.1 Å². The Labute approximate surface area is 98.0 Å². The van der Waals surface area contributed by atoms with Crippen molar-refractivity contribution in [3.8, 4) is 0 Å². The van der Waals surface area contributed by atoms with Gasteiger partial charge in [0.25, 0.3) is 0 Å². The quantitative estimate of drug-likeness (QED) is 0.597. The molecule has 0 spiro atoms. The van der Waals surface area contributed by atoms with Gasteiger partial charge in [0.2, 0.25) is 0 Å². The van der Waals surface area contributed by atoms with Crippen LogP contribution < -0.4 is 0 Å². The highest BCUT2D eigenvalue weighted by Gasteiger charge is 2.34. The summed E-state index contributed by atoms with van der Waals surface area (Å²) in [6, 6.07) is 3.44. The second-order valence-corrected chi connectivity index (χ2v) is 9.72. The number of nitrogens with zero attached hydrogens (tertiary/aromatic N) is 1. The molecule has 1 aromatic rings. The van der Waals surface area contributed by atoms with Gasteiger partial charge >= 0.3 is 0 Å². The summed E-state index contributed by atoms with van der Waals surface area (Å²) >= 11 is 0. The Kier molecular flexibility index (Phi) is 3.65. The first kappa shape index (κ1) is 13.1. The van der Waals surface area contributed by atoms with Crippen molar-refractivity contribution in [1.29, 1.82) is 0 Å². The normalized spacial score (nSPS) is 12.6. The fourth-order valence-electron chi connectivity index (χ4n) is 1.66. The van der Waals surface area contributed by atoms with Crippen LogP contribution in [0.3, 0.4) is 0 Å². The van der Waals surface area contributed by atoms with Gasteiger partial charge in [-0.1, -0.05) is 0 Å². The van der Waals surface area contributed by atoms with E-state index >= 15 is 0 Å². The maximum atomic E-state index is 12.2. The zero-order chi connectivity index (χ0) is 12.4. The molecule has 0 aliphatic rings. The molecule has 0 aliphatic carbocycles. The Hall–Kier alpha value is -1.00. The van der Waals surface area contributed by atoms with Gasteiger partial charge in [-0.05, 0) is 45.6 Å². The Morgan fingerprint density at radius 2 is 1.75 bits per heavy atom. The lowest BCUT2D eigenvalue weighted by molar-refractivity contribution is 0.0558. The topological polar surface area (TPSA) is 39.2 Å². The van der Waals surface area contributed by atoms with Crippen molar-refractivity contribution in [2.45, 2.75) is 39.1 Å². The van der Waals surface area contributed by atoms with E-state index in [1.165, 1.54) is 0 Å². The molecule has 0 fully saturated rings. The Balaban J connectivity index is 2.89. The molecule has 3 nitrogen and oxygen atoms in total. The van der Waals surface area contributed by atoms with Crippen molar-refractivity contribution in [2.75, 3.05) is 0 Å². The van der Waals surface area contributed by atoms with E-state index < -0.39 is 13.9 Å². The molecular formula is C12H19NO2Si. The van der Waals surface area contributed by atoms with Gasteiger partial charge in [-0.15, -0.1) is 0 Å². The van der Waals surface area contributed by atoms with Gasteiger partial charge in [-0.25, -0.2) is 0 Å². The molecule has 16 heavy (non-hydrogen) atoms. The maximum absolute atomic E-state index is 12.2. The van der Waals surface area contributed by atoms with Crippen LogP contribution in [0.25, 0.3) is 0 Å². The van der Waals surface area contributed by atoms with Crippen molar-refractivity contribution in [3.63, 3.8) is 0 Å². The lowest BCUT2D eigenvalue weighted by Crippen LogP contribution is -2.44. The third-order valence-electron chi connectivity index (χ3n) is 2.05. The molecule has 1 heterocycles. The molecule has 0 radical (unpaired) electrons. The van der Waals surface area contributed by atoms with Crippen LogP contribution in [0.4, 0.5) is 0 Å². The summed E-state index contributed by atoms with van der Waals surface area (Å²) in [5, 5.41) is 0. The van der Waals surface area contributed by atoms with Gasteiger partial charge in [0.1, 0.15) is 5.60 Å². The number of rotatable bonds is 4. The maximum Gasteiger partial charge on any atom is 0.192 e.